The van der Waals surface area contributed by atoms with E-state index in [1.165, 1.54) is 0 Å². The van der Waals surface area contributed by atoms with Crippen molar-refractivity contribution in [1.82, 2.24) is 30.1 Å². The minimum absolute atomic E-state index is 0.0309. The Hall–Kier alpha value is -2.94. The van der Waals surface area contributed by atoms with Crippen LogP contribution in [0, 0.1) is 0 Å². The van der Waals surface area contributed by atoms with Gasteiger partial charge in [0, 0.05) is 77.5 Å². The number of hydrogen-bond acceptors (Lipinski definition) is 7. The molecule has 0 radical (unpaired) electrons. The van der Waals surface area contributed by atoms with Crippen molar-refractivity contribution in [1.29, 1.82) is 0 Å². The van der Waals surface area contributed by atoms with Crippen LogP contribution in [-0.2, 0) is 6.54 Å². The summed E-state index contributed by atoms with van der Waals surface area (Å²) in [4.78, 5) is 34.2. The molecule has 2 fully saturated rings. The number of pyridine rings is 1. The van der Waals surface area contributed by atoms with Crippen LogP contribution in [0.3, 0.4) is 0 Å². The van der Waals surface area contributed by atoms with E-state index < -0.39 is 0 Å². The number of amides is 2. The Morgan fingerprint density at radius 3 is 2.34 bits per heavy atom. The largest absolute Gasteiger partial charge is 0.354 e. The molecule has 2 aromatic rings. The molecule has 0 spiro atoms. The molecule has 2 amide bonds. The first-order valence-electron chi connectivity index (χ1n) is 10.1. The van der Waals surface area contributed by atoms with E-state index >= 15 is 0 Å². The minimum Gasteiger partial charge on any atom is -0.354 e. The minimum atomic E-state index is -0.0309. The average Bonchev–Trinajstić information content (AvgIpc) is 2.79. The van der Waals surface area contributed by atoms with E-state index in [-0.39, 0.29) is 6.03 Å². The summed E-state index contributed by atoms with van der Waals surface area (Å²) < 4.78 is 0. The van der Waals surface area contributed by atoms with Crippen LogP contribution in [0.15, 0.2) is 36.8 Å². The van der Waals surface area contributed by atoms with Crippen LogP contribution < -0.4 is 15.1 Å². The summed E-state index contributed by atoms with van der Waals surface area (Å²) in [6.07, 6.45) is 5.31. The predicted molar refractivity (Wildman–Crippen MR) is 112 cm³/mol. The molecular formula is C20H28N8O. The Kier molecular flexibility index (Phi) is 6.04. The molecule has 0 aromatic carbocycles. The number of rotatable bonds is 4. The molecule has 1 N–H and O–H groups in total. The molecule has 0 unspecified atom stereocenters. The fourth-order valence-electron chi connectivity index (χ4n) is 3.63. The summed E-state index contributed by atoms with van der Waals surface area (Å²) >= 11 is 0. The third-order valence-corrected chi connectivity index (χ3v) is 5.48. The highest BCUT2D eigenvalue weighted by Crippen LogP contribution is 2.15. The van der Waals surface area contributed by atoms with Gasteiger partial charge in [0.05, 0.1) is 0 Å². The van der Waals surface area contributed by atoms with E-state index in [0.29, 0.717) is 19.6 Å². The van der Waals surface area contributed by atoms with Gasteiger partial charge in [0.25, 0.3) is 0 Å². The summed E-state index contributed by atoms with van der Waals surface area (Å²) in [7, 11) is 2.14. The highest BCUT2D eigenvalue weighted by molar-refractivity contribution is 5.74. The zero-order chi connectivity index (χ0) is 20.1. The molecule has 2 aromatic heterocycles. The van der Waals surface area contributed by atoms with Gasteiger partial charge in [-0.25, -0.2) is 19.7 Å². The molecular weight excluding hydrogens is 368 g/mol. The quantitative estimate of drug-likeness (QED) is 0.813. The van der Waals surface area contributed by atoms with Crippen molar-refractivity contribution in [3.8, 4) is 0 Å². The number of aromatic nitrogens is 3. The number of nitrogens with one attached hydrogen (secondary N) is 1. The van der Waals surface area contributed by atoms with Crippen LogP contribution >= 0.6 is 0 Å². The first kappa shape index (κ1) is 19.4. The molecule has 0 saturated carbocycles. The van der Waals surface area contributed by atoms with Crippen LogP contribution in [0.2, 0.25) is 0 Å². The van der Waals surface area contributed by atoms with Gasteiger partial charge in [0.1, 0.15) is 5.82 Å². The summed E-state index contributed by atoms with van der Waals surface area (Å²) in [6.45, 7) is 7.35. The normalized spacial score (nSPS) is 18.0. The van der Waals surface area contributed by atoms with Crippen molar-refractivity contribution in [3.05, 3.63) is 42.4 Å². The molecule has 154 valence electrons. The van der Waals surface area contributed by atoms with E-state index in [9.17, 15) is 4.79 Å². The van der Waals surface area contributed by atoms with Gasteiger partial charge in [0.2, 0.25) is 5.95 Å². The molecule has 0 aliphatic carbocycles. The fourth-order valence-corrected chi connectivity index (χ4v) is 3.63. The number of urea groups is 1. The Morgan fingerprint density at radius 2 is 1.62 bits per heavy atom. The molecule has 0 atom stereocenters. The smallest absolute Gasteiger partial charge is 0.317 e. The van der Waals surface area contributed by atoms with Crippen molar-refractivity contribution in [2.24, 2.45) is 0 Å². The van der Waals surface area contributed by atoms with E-state index in [2.05, 4.69) is 48.1 Å². The number of nitrogens with zero attached hydrogens (tertiary/aromatic N) is 7. The molecule has 2 aliphatic heterocycles. The predicted octanol–water partition coefficient (Wildman–Crippen LogP) is 0.655. The van der Waals surface area contributed by atoms with Crippen LogP contribution in [0.1, 0.15) is 5.56 Å². The molecule has 4 rings (SSSR count). The van der Waals surface area contributed by atoms with E-state index in [0.717, 1.165) is 56.6 Å². The first-order valence-corrected chi connectivity index (χ1v) is 10.1. The van der Waals surface area contributed by atoms with Crippen molar-refractivity contribution < 1.29 is 4.79 Å². The lowest BCUT2D eigenvalue weighted by Crippen LogP contribution is -2.52. The average molecular weight is 396 g/mol. The van der Waals surface area contributed by atoms with Crippen LogP contribution in [0.25, 0.3) is 0 Å². The van der Waals surface area contributed by atoms with E-state index in [1.54, 1.807) is 18.5 Å². The fraction of sp³-hybridized carbons (Fsp3) is 0.500. The summed E-state index contributed by atoms with van der Waals surface area (Å²) in [5.41, 5.74) is 1.07. The second-order valence-corrected chi connectivity index (χ2v) is 7.49. The number of carbonyl (C=O) groups is 1. The van der Waals surface area contributed by atoms with Crippen molar-refractivity contribution in [3.63, 3.8) is 0 Å². The van der Waals surface area contributed by atoms with Gasteiger partial charge in [0.15, 0.2) is 0 Å². The molecule has 0 bridgehead atoms. The van der Waals surface area contributed by atoms with Gasteiger partial charge in [-0.15, -0.1) is 0 Å². The maximum Gasteiger partial charge on any atom is 0.317 e. The second-order valence-electron chi connectivity index (χ2n) is 7.49. The number of hydrogen-bond donors (Lipinski definition) is 1. The van der Waals surface area contributed by atoms with Gasteiger partial charge < -0.3 is 24.9 Å². The molecule has 2 aliphatic rings. The third kappa shape index (κ3) is 4.92. The van der Waals surface area contributed by atoms with E-state index in [4.69, 9.17) is 0 Å². The van der Waals surface area contributed by atoms with Crippen molar-refractivity contribution in [2.75, 3.05) is 69.2 Å². The number of anilines is 2. The Labute approximate surface area is 171 Å². The Bertz CT molecular complexity index is 801. The van der Waals surface area contributed by atoms with Crippen LogP contribution in [-0.4, -0.2) is 90.2 Å². The standard InChI is InChI=1S/C20H28N8O/c1-25-7-9-26(10-8-25)18-15-17(3-6-21-18)16-24-20(29)28-13-11-27(12-14-28)19-22-4-2-5-23-19/h2-6,15H,7-14,16H2,1H3,(H,24,29). The van der Waals surface area contributed by atoms with Gasteiger partial charge in [-0.1, -0.05) is 0 Å². The third-order valence-electron chi connectivity index (χ3n) is 5.48. The van der Waals surface area contributed by atoms with Crippen LogP contribution in [0.4, 0.5) is 16.6 Å². The first-order chi connectivity index (χ1) is 14.2. The lowest BCUT2D eigenvalue weighted by molar-refractivity contribution is 0.193. The molecule has 9 heteroatoms. The highest BCUT2D eigenvalue weighted by Gasteiger charge is 2.22. The van der Waals surface area contributed by atoms with Crippen LogP contribution in [0.5, 0.6) is 0 Å². The highest BCUT2D eigenvalue weighted by atomic mass is 16.2. The molecule has 9 nitrogen and oxygen atoms in total. The maximum absolute atomic E-state index is 12.6. The molecule has 4 heterocycles. The zero-order valence-corrected chi connectivity index (χ0v) is 16.9. The topological polar surface area (TPSA) is 80.7 Å². The Balaban J connectivity index is 1.26. The van der Waals surface area contributed by atoms with Gasteiger partial charge in [-0.3, -0.25) is 0 Å². The Morgan fingerprint density at radius 1 is 0.931 bits per heavy atom. The summed E-state index contributed by atoms with van der Waals surface area (Å²) in [5.74, 6) is 1.71. The lowest BCUT2D eigenvalue weighted by atomic mass is 10.2. The summed E-state index contributed by atoms with van der Waals surface area (Å²) in [5, 5.41) is 3.04. The monoisotopic (exact) mass is 396 g/mol. The number of piperazine rings is 2. The lowest BCUT2D eigenvalue weighted by Gasteiger charge is -2.34. The molecule has 2 saturated heterocycles. The molecule has 29 heavy (non-hydrogen) atoms. The van der Waals surface area contributed by atoms with Gasteiger partial charge in [-0.2, -0.15) is 0 Å². The number of likely N-dealkylation sites (N-methyl/N-ethyl adjacent to an activating group) is 1. The van der Waals surface area contributed by atoms with E-state index in [1.807, 2.05) is 17.2 Å². The number of carbonyl (C=O) groups excluding carboxylic acids is 1. The van der Waals surface area contributed by atoms with Gasteiger partial charge >= 0.3 is 6.03 Å². The zero-order valence-electron chi connectivity index (χ0n) is 16.9. The summed E-state index contributed by atoms with van der Waals surface area (Å²) in [6, 6.07) is 5.82. The second kappa shape index (κ2) is 9.04. The van der Waals surface area contributed by atoms with Gasteiger partial charge in [-0.05, 0) is 30.8 Å². The maximum atomic E-state index is 12.6. The van der Waals surface area contributed by atoms with Crippen molar-refractivity contribution in [2.45, 2.75) is 6.54 Å². The SMILES string of the molecule is CN1CCN(c2cc(CNC(=O)N3CCN(c4ncccn4)CC3)ccn2)CC1. The van der Waals surface area contributed by atoms with Crippen molar-refractivity contribution >= 4 is 17.8 Å².